The van der Waals surface area contributed by atoms with Gasteiger partial charge < -0.3 is 20.8 Å². The van der Waals surface area contributed by atoms with E-state index in [0.717, 1.165) is 12.0 Å². The summed E-state index contributed by atoms with van der Waals surface area (Å²) in [6.07, 6.45) is -2.74. The number of fused-ring (bicyclic) bond motifs is 1. The first-order chi connectivity index (χ1) is 13.4. The Hall–Kier alpha value is -2.85. The van der Waals surface area contributed by atoms with E-state index in [4.69, 9.17) is 9.90 Å². The first-order valence-corrected chi connectivity index (χ1v) is 8.72. The normalized spacial score (nSPS) is 19.0. The summed E-state index contributed by atoms with van der Waals surface area (Å²) in [4.78, 5) is 32.4. The second-order valence-corrected chi connectivity index (χ2v) is 7.13. The molecule has 0 saturated heterocycles. The minimum absolute atomic E-state index is 0.136. The van der Waals surface area contributed by atoms with Crippen molar-refractivity contribution in [3.8, 4) is 0 Å². The lowest BCUT2D eigenvalue weighted by Crippen LogP contribution is -2.50. The smallest absolute Gasteiger partial charge is 0.481 e. The number of hydrogen-bond donors (Lipinski definition) is 4. The highest BCUT2D eigenvalue weighted by molar-refractivity contribution is 5.88. The Morgan fingerprint density at radius 2 is 1.83 bits per heavy atom. The van der Waals surface area contributed by atoms with E-state index in [-0.39, 0.29) is 24.7 Å². The second-order valence-electron chi connectivity index (χ2n) is 7.13. The molecular formula is C18H20F4N2O5. The zero-order valence-corrected chi connectivity index (χ0v) is 15.4. The number of carboxylic acid groups (broad SMARTS) is 2. The topological polar surface area (TPSA) is 116 Å². The summed E-state index contributed by atoms with van der Waals surface area (Å²) < 4.78 is 45.6. The fourth-order valence-electron chi connectivity index (χ4n) is 3.16. The average molecular weight is 420 g/mol. The van der Waals surface area contributed by atoms with E-state index < -0.39 is 29.6 Å². The summed E-state index contributed by atoms with van der Waals surface area (Å²) in [5, 5.41) is 22.1. The highest BCUT2D eigenvalue weighted by Crippen LogP contribution is 2.40. The van der Waals surface area contributed by atoms with Crippen molar-refractivity contribution in [1.29, 1.82) is 0 Å². The highest BCUT2D eigenvalue weighted by Gasteiger charge is 2.45. The Labute approximate surface area is 163 Å². The van der Waals surface area contributed by atoms with Crippen LogP contribution in [-0.4, -0.2) is 46.8 Å². The Morgan fingerprint density at radius 3 is 2.28 bits per heavy atom. The number of aryl methyl sites for hydroxylation is 1. The molecule has 29 heavy (non-hydrogen) atoms. The number of halogens is 4. The van der Waals surface area contributed by atoms with Crippen molar-refractivity contribution in [2.24, 2.45) is 5.41 Å². The van der Waals surface area contributed by atoms with Gasteiger partial charge in [0.25, 0.3) is 0 Å². The SMILES string of the molecule is Cc1cc(F)c2c(c1)NC(C(=O)NCC1(C(=O)O)CCC1)C2.O=C(O)C(F)(F)F. The predicted molar refractivity (Wildman–Crippen MR) is 92.9 cm³/mol. The molecule has 1 aliphatic carbocycles. The largest absolute Gasteiger partial charge is 0.490 e. The van der Waals surface area contributed by atoms with Crippen LogP contribution < -0.4 is 10.6 Å². The maximum Gasteiger partial charge on any atom is 0.490 e. The van der Waals surface area contributed by atoms with Gasteiger partial charge in [0.05, 0.1) is 5.41 Å². The molecule has 1 fully saturated rings. The molecule has 0 aromatic heterocycles. The van der Waals surface area contributed by atoms with Crippen molar-refractivity contribution in [1.82, 2.24) is 5.32 Å². The van der Waals surface area contributed by atoms with Crippen LogP contribution in [0.15, 0.2) is 12.1 Å². The molecule has 1 saturated carbocycles. The van der Waals surface area contributed by atoms with E-state index in [0.29, 0.717) is 24.1 Å². The monoisotopic (exact) mass is 420 g/mol. The third-order valence-electron chi connectivity index (χ3n) is 5.00. The van der Waals surface area contributed by atoms with Gasteiger partial charge in [-0.25, -0.2) is 9.18 Å². The van der Waals surface area contributed by atoms with Gasteiger partial charge in [-0.15, -0.1) is 0 Å². The molecule has 0 radical (unpaired) electrons. The molecule has 3 rings (SSSR count). The Balaban J connectivity index is 0.000000370. The van der Waals surface area contributed by atoms with Gasteiger partial charge in [0.15, 0.2) is 0 Å². The molecule has 1 atom stereocenters. The zero-order valence-electron chi connectivity index (χ0n) is 15.4. The number of hydrogen-bond acceptors (Lipinski definition) is 4. The third-order valence-corrected chi connectivity index (χ3v) is 5.00. The van der Waals surface area contributed by atoms with Crippen LogP contribution in [0.4, 0.5) is 23.2 Å². The van der Waals surface area contributed by atoms with Crippen LogP contribution in [0.3, 0.4) is 0 Å². The van der Waals surface area contributed by atoms with Gasteiger partial charge in [0, 0.05) is 24.2 Å². The molecule has 7 nitrogen and oxygen atoms in total. The van der Waals surface area contributed by atoms with Crippen LogP contribution in [0, 0.1) is 18.2 Å². The van der Waals surface area contributed by atoms with E-state index >= 15 is 0 Å². The molecule has 2 aliphatic rings. The summed E-state index contributed by atoms with van der Waals surface area (Å²) in [6.45, 7) is 1.93. The number of benzene rings is 1. The molecular weight excluding hydrogens is 400 g/mol. The number of amides is 1. The third kappa shape index (κ3) is 5.15. The van der Waals surface area contributed by atoms with Crippen molar-refractivity contribution in [2.75, 3.05) is 11.9 Å². The summed E-state index contributed by atoms with van der Waals surface area (Å²) in [7, 11) is 0. The predicted octanol–water partition coefficient (Wildman–Crippen LogP) is 2.48. The number of nitrogens with one attached hydrogen (secondary N) is 2. The lowest BCUT2D eigenvalue weighted by molar-refractivity contribution is -0.192. The van der Waals surface area contributed by atoms with E-state index in [1.807, 2.05) is 6.07 Å². The first-order valence-electron chi connectivity index (χ1n) is 8.72. The van der Waals surface area contributed by atoms with E-state index in [1.165, 1.54) is 6.07 Å². The fraction of sp³-hybridized carbons (Fsp3) is 0.500. The lowest BCUT2D eigenvalue weighted by Gasteiger charge is -2.37. The van der Waals surface area contributed by atoms with Gasteiger partial charge in [0.2, 0.25) is 5.91 Å². The van der Waals surface area contributed by atoms with Gasteiger partial charge in [-0.05, 0) is 37.5 Å². The fourth-order valence-corrected chi connectivity index (χ4v) is 3.16. The van der Waals surface area contributed by atoms with Gasteiger partial charge in [0.1, 0.15) is 11.9 Å². The van der Waals surface area contributed by atoms with E-state index in [1.54, 1.807) is 6.92 Å². The molecule has 1 aromatic carbocycles. The second kappa shape index (κ2) is 8.26. The number of alkyl halides is 3. The van der Waals surface area contributed by atoms with Crippen LogP contribution in [0.1, 0.15) is 30.4 Å². The molecule has 160 valence electrons. The summed E-state index contributed by atoms with van der Waals surface area (Å²) in [5.41, 5.74) is 1.14. The molecule has 1 aliphatic heterocycles. The van der Waals surface area contributed by atoms with Crippen LogP contribution in [0.5, 0.6) is 0 Å². The van der Waals surface area contributed by atoms with Gasteiger partial charge >= 0.3 is 18.1 Å². The maximum atomic E-state index is 13.9. The Bertz CT molecular complexity index is 821. The quantitative estimate of drug-likeness (QED) is 0.557. The minimum atomic E-state index is -5.08. The molecule has 1 heterocycles. The molecule has 0 spiro atoms. The van der Waals surface area contributed by atoms with E-state index in [2.05, 4.69) is 10.6 Å². The van der Waals surface area contributed by atoms with Crippen LogP contribution in [-0.2, 0) is 20.8 Å². The van der Waals surface area contributed by atoms with Crippen molar-refractivity contribution in [3.05, 3.63) is 29.1 Å². The number of anilines is 1. The Kier molecular flexibility index (Phi) is 6.39. The van der Waals surface area contributed by atoms with Crippen molar-refractivity contribution >= 4 is 23.5 Å². The van der Waals surface area contributed by atoms with Crippen LogP contribution >= 0.6 is 0 Å². The lowest BCUT2D eigenvalue weighted by atomic mass is 9.69. The minimum Gasteiger partial charge on any atom is -0.481 e. The molecule has 11 heteroatoms. The van der Waals surface area contributed by atoms with Gasteiger partial charge in [-0.3, -0.25) is 9.59 Å². The van der Waals surface area contributed by atoms with Gasteiger partial charge in [-0.1, -0.05) is 6.42 Å². The molecule has 1 aromatic rings. The van der Waals surface area contributed by atoms with E-state index in [9.17, 15) is 32.3 Å². The Morgan fingerprint density at radius 1 is 1.24 bits per heavy atom. The summed E-state index contributed by atoms with van der Waals surface area (Å²) in [6, 6.07) is 2.72. The molecule has 4 N–H and O–H groups in total. The summed E-state index contributed by atoms with van der Waals surface area (Å²) >= 11 is 0. The standard InChI is InChI=1S/C16H19FN2O3.C2HF3O2/c1-9-5-11(17)10-7-13(19-12(10)6-9)14(20)18-8-16(15(21)22)3-2-4-16;3-2(4,5)1(6)7/h5-6,13,19H,2-4,7-8H2,1H3,(H,18,20)(H,21,22);(H,6,7). The first kappa shape index (κ1) is 22.4. The number of carboxylic acids is 2. The number of carbonyl (C=O) groups is 3. The van der Waals surface area contributed by atoms with Crippen LogP contribution in [0.25, 0.3) is 0 Å². The number of aliphatic carboxylic acids is 2. The van der Waals surface area contributed by atoms with Crippen LogP contribution in [0.2, 0.25) is 0 Å². The maximum absolute atomic E-state index is 13.9. The van der Waals surface area contributed by atoms with Crippen molar-refractivity contribution in [2.45, 2.75) is 44.8 Å². The number of carbonyl (C=O) groups excluding carboxylic acids is 1. The van der Waals surface area contributed by atoms with Crippen molar-refractivity contribution in [3.63, 3.8) is 0 Å². The zero-order chi connectivity index (χ0) is 22.0. The van der Waals surface area contributed by atoms with Gasteiger partial charge in [-0.2, -0.15) is 13.2 Å². The summed E-state index contributed by atoms with van der Waals surface area (Å²) in [5.74, 6) is -4.20. The number of rotatable bonds is 4. The average Bonchev–Trinajstić information content (AvgIpc) is 2.97. The van der Waals surface area contributed by atoms with Crippen molar-refractivity contribution < 1.29 is 42.2 Å². The highest BCUT2D eigenvalue weighted by atomic mass is 19.4. The molecule has 1 amide bonds. The molecule has 1 unspecified atom stereocenters. The molecule has 0 bridgehead atoms.